The molecule has 3 amide bonds. The highest BCUT2D eigenvalue weighted by Crippen LogP contribution is 2.47. The predicted molar refractivity (Wildman–Crippen MR) is 203 cm³/mol. The zero-order chi connectivity index (χ0) is 37.7. The number of aryl methyl sites for hydroxylation is 1. The van der Waals surface area contributed by atoms with Crippen molar-refractivity contribution in [3.8, 4) is 22.2 Å². The van der Waals surface area contributed by atoms with Crippen LogP contribution in [0.1, 0.15) is 82.4 Å². The molecule has 7 rings (SSSR count). The van der Waals surface area contributed by atoms with Crippen LogP contribution in [0, 0.1) is 30.6 Å². The lowest BCUT2D eigenvalue weighted by Crippen LogP contribution is -2.54. The van der Waals surface area contributed by atoms with E-state index < -0.39 is 44.5 Å². The van der Waals surface area contributed by atoms with Crippen molar-refractivity contribution in [2.75, 3.05) is 27.3 Å². The van der Waals surface area contributed by atoms with Crippen LogP contribution in [0.4, 0.5) is 0 Å². The third-order valence-electron chi connectivity index (χ3n) is 11.3. The van der Waals surface area contributed by atoms with Crippen LogP contribution in [0.25, 0.3) is 21.6 Å². The number of allylic oxidation sites excluding steroid dienone is 1. The molecular weight excluding hydrogens is 715 g/mol. The average molecular weight is 764 g/mol. The van der Waals surface area contributed by atoms with E-state index in [-0.39, 0.29) is 30.3 Å². The van der Waals surface area contributed by atoms with Crippen molar-refractivity contribution in [3.63, 3.8) is 0 Å². The molecule has 3 aliphatic carbocycles. The number of methoxy groups -OCH3 is 1. The van der Waals surface area contributed by atoms with E-state index in [0.29, 0.717) is 55.8 Å². The minimum atomic E-state index is -3.81. The molecule has 1 aliphatic heterocycles. The second-order valence-corrected chi connectivity index (χ2v) is 18.3. The van der Waals surface area contributed by atoms with Gasteiger partial charge in [-0.1, -0.05) is 26.0 Å². The fourth-order valence-corrected chi connectivity index (χ4v) is 10.1. The van der Waals surface area contributed by atoms with Gasteiger partial charge in [-0.15, -0.1) is 11.3 Å². The molecule has 0 radical (unpaired) electrons. The van der Waals surface area contributed by atoms with Gasteiger partial charge in [-0.3, -0.25) is 19.1 Å². The van der Waals surface area contributed by atoms with E-state index in [1.165, 1.54) is 11.3 Å². The Kier molecular flexibility index (Phi) is 10.3. The summed E-state index contributed by atoms with van der Waals surface area (Å²) in [6.07, 6.45) is 8.49. The zero-order valence-electron chi connectivity index (χ0n) is 31.0. The number of sulfonamides is 1. The molecule has 4 aliphatic rings. The van der Waals surface area contributed by atoms with Crippen LogP contribution >= 0.6 is 11.3 Å². The number of hydrogen-bond donors (Lipinski definition) is 2. The van der Waals surface area contributed by atoms with Gasteiger partial charge in [0.1, 0.15) is 27.7 Å². The van der Waals surface area contributed by atoms with E-state index in [2.05, 4.69) is 23.9 Å². The topological polar surface area (TPSA) is 157 Å². The molecule has 1 aromatic carbocycles. The van der Waals surface area contributed by atoms with Gasteiger partial charge in [0.15, 0.2) is 0 Å². The molecule has 3 fully saturated rings. The third-order valence-corrected chi connectivity index (χ3v) is 14.0. The number of rotatable bonds is 9. The molecule has 3 aromatic rings. The van der Waals surface area contributed by atoms with Gasteiger partial charge in [0.05, 0.1) is 36.1 Å². The van der Waals surface area contributed by atoms with Crippen LogP contribution in [0.2, 0.25) is 0 Å². The van der Waals surface area contributed by atoms with Gasteiger partial charge in [-0.2, -0.15) is 0 Å². The van der Waals surface area contributed by atoms with Crippen LogP contribution in [0.5, 0.6) is 11.5 Å². The Bertz CT molecular complexity index is 2060. The van der Waals surface area contributed by atoms with E-state index in [9.17, 15) is 22.8 Å². The number of nitrogens with one attached hydrogen (secondary N) is 2. The van der Waals surface area contributed by atoms with Crippen molar-refractivity contribution >= 4 is 50.0 Å². The molecule has 53 heavy (non-hydrogen) atoms. The second-order valence-electron chi connectivity index (χ2n) is 15.5. The fraction of sp³-hybridized carbons (Fsp3) is 0.564. The van der Waals surface area contributed by atoms with Gasteiger partial charge in [0, 0.05) is 47.8 Å². The maximum atomic E-state index is 14.2. The number of amides is 3. The summed E-state index contributed by atoms with van der Waals surface area (Å²) in [5, 5.41) is 6.06. The van der Waals surface area contributed by atoms with E-state index in [0.717, 1.165) is 46.4 Å². The first kappa shape index (κ1) is 37.3. The summed E-state index contributed by atoms with van der Waals surface area (Å²) in [6, 6.07) is 5.74. The number of ether oxygens (including phenoxy) is 2. The van der Waals surface area contributed by atoms with Crippen LogP contribution in [0.3, 0.4) is 0 Å². The first-order valence-corrected chi connectivity index (χ1v) is 21.1. The van der Waals surface area contributed by atoms with E-state index >= 15 is 0 Å². The molecule has 0 saturated heterocycles. The van der Waals surface area contributed by atoms with E-state index in [4.69, 9.17) is 19.4 Å². The predicted octanol–water partition coefficient (Wildman–Crippen LogP) is 5.50. The van der Waals surface area contributed by atoms with E-state index in [1.54, 1.807) is 19.1 Å². The van der Waals surface area contributed by atoms with Gasteiger partial charge in [0.25, 0.3) is 5.91 Å². The Morgan fingerprint density at radius 2 is 1.91 bits per heavy atom. The van der Waals surface area contributed by atoms with Crippen LogP contribution in [0.15, 0.2) is 35.7 Å². The summed E-state index contributed by atoms with van der Waals surface area (Å²) < 4.78 is 40.0. The lowest BCUT2D eigenvalue weighted by atomic mass is 9.93. The number of fused-ring (bicyclic) bond motifs is 3. The molecule has 5 atom stereocenters. The van der Waals surface area contributed by atoms with Crippen LogP contribution in [-0.2, 0) is 24.4 Å². The van der Waals surface area contributed by atoms with Crippen LogP contribution in [-0.4, -0.2) is 79.1 Å². The largest absolute Gasteiger partial charge is 0.496 e. The first-order valence-electron chi connectivity index (χ1n) is 18.7. The van der Waals surface area contributed by atoms with Gasteiger partial charge in [0.2, 0.25) is 21.8 Å². The second kappa shape index (κ2) is 14.7. The molecule has 14 heteroatoms. The number of aromatic nitrogens is 2. The van der Waals surface area contributed by atoms with Gasteiger partial charge < -0.3 is 19.7 Å². The zero-order valence-corrected chi connectivity index (χ0v) is 32.6. The lowest BCUT2D eigenvalue weighted by Gasteiger charge is -2.27. The summed E-state index contributed by atoms with van der Waals surface area (Å²) in [6.45, 7) is 7.01. The van der Waals surface area contributed by atoms with Crippen molar-refractivity contribution in [1.82, 2.24) is 24.9 Å². The Hall–Kier alpha value is -4.04. The molecule has 2 aromatic heterocycles. The molecule has 0 bridgehead atoms. The standard InChI is InChI=1S/C39H49N5O7S2/c1-22(2)31-21-52-36(41-31)30-18-33(27-13-14-32(50-5)23(3)34(27)40-30)51-20-24-16-28-29(17-24)37(46)44(4)15-9-7-6-8-10-25-19-39(25,42-35(28)45)38(47)43-53(48,49)26-11-12-26/h8,10,13-14,18,21-22,24-26,28-29H,6-7,9,11-12,15-17,19-20H2,1-5H3,(H,42,45)(H,43,47)/b10-8+/t24-,25-,28-,29-,39-/m1/s1. The highest BCUT2D eigenvalue weighted by atomic mass is 32.2. The fourth-order valence-electron chi connectivity index (χ4n) is 7.79. The summed E-state index contributed by atoms with van der Waals surface area (Å²) in [4.78, 5) is 53.4. The third kappa shape index (κ3) is 7.53. The molecule has 2 N–H and O–H groups in total. The first-order chi connectivity index (χ1) is 25.3. The average Bonchev–Trinajstić information content (AvgIpc) is 4.00. The maximum Gasteiger partial charge on any atom is 0.259 e. The minimum Gasteiger partial charge on any atom is -0.496 e. The molecular formula is C39H49N5O7S2. The minimum absolute atomic E-state index is 0.105. The molecule has 0 unspecified atom stereocenters. The smallest absolute Gasteiger partial charge is 0.259 e. The number of benzene rings is 1. The number of nitrogens with zero attached hydrogens (tertiary/aromatic N) is 3. The number of hydrogen-bond acceptors (Lipinski definition) is 10. The quantitative estimate of drug-likeness (QED) is 0.269. The normalized spacial score (nSPS) is 27.1. The van der Waals surface area contributed by atoms with Crippen LogP contribution < -0.4 is 19.5 Å². The van der Waals surface area contributed by atoms with Gasteiger partial charge in [-0.05, 0) is 82.3 Å². The Morgan fingerprint density at radius 1 is 1.13 bits per heavy atom. The van der Waals surface area contributed by atoms with Crippen molar-refractivity contribution in [3.05, 3.63) is 47.0 Å². The van der Waals surface area contributed by atoms with Gasteiger partial charge >= 0.3 is 0 Å². The lowest BCUT2D eigenvalue weighted by molar-refractivity contribution is -0.140. The molecule has 3 saturated carbocycles. The molecule has 3 heterocycles. The van der Waals surface area contributed by atoms with E-state index in [1.807, 2.05) is 42.7 Å². The number of pyridine rings is 1. The Balaban J connectivity index is 1.16. The molecule has 0 spiro atoms. The number of thiazole rings is 1. The van der Waals surface area contributed by atoms with Crippen molar-refractivity contribution in [2.24, 2.45) is 23.7 Å². The summed E-state index contributed by atoms with van der Waals surface area (Å²) in [7, 11) is -0.405. The van der Waals surface area contributed by atoms with Gasteiger partial charge in [-0.25, -0.2) is 18.4 Å². The molecule has 284 valence electrons. The number of carbonyl (C=O) groups excluding carboxylic acids is 3. The summed E-state index contributed by atoms with van der Waals surface area (Å²) >= 11 is 1.53. The van der Waals surface area contributed by atoms with Crippen molar-refractivity contribution < 1.29 is 32.3 Å². The Labute approximate surface area is 315 Å². The Morgan fingerprint density at radius 3 is 2.62 bits per heavy atom. The van der Waals surface area contributed by atoms with Crippen molar-refractivity contribution in [1.29, 1.82) is 0 Å². The summed E-state index contributed by atoms with van der Waals surface area (Å²) in [5.41, 5.74) is 1.94. The number of carbonyl (C=O) groups is 3. The highest BCUT2D eigenvalue weighted by Gasteiger charge is 2.62. The van der Waals surface area contributed by atoms with Crippen molar-refractivity contribution in [2.45, 2.75) is 88.8 Å². The highest BCUT2D eigenvalue weighted by molar-refractivity contribution is 7.91. The maximum absolute atomic E-state index is 14.2. The SMILES string of the molecule is COc1ccc2c(OC[C@@H]3C[C@H]4C(=O)N[C@]5(C(=O)NS(=O)(=O)C6CC6)C[C@H]5/C=C/CCCCN(C)C(=O)[C@@H]4C3)cc(-c3nc(C(C)C)cs3)nc2c1C. The summed E-state index contributed by atoms with van der Waals surface area (Å²) in [5.74, 6) is -1.39. The monoisotopic (exact) mass is 763 g/mol. The molecule has 12 nitrogen and oxygen atoms in total.